The molecule has 5 rings (SSSR count). The molecule has 0 radical (unpaired) electrons. The fraction of sp³-hybridized carbons (Fsp3) is 0.360. The van der Waals surface area contributed by atoms with Crippen LogP contribution in [-0.2, 0) is 11.2 Å². The lowest BCUT2D eigenvalue weighted by Gasteiger charge is -2.36. The van der Waals surface area contributed by atoms with E-state index in [0.29, 0.717) is 13.0 Å². The van der Waals surface area contributed by atoms with Crippen molar-refractivity contribution in [3.05, 3.63) is 64.8 Å². The van der Waals surface area contributed by atoms with Crippen molar-refractivity contribution in [1.29, 1.82) is 0 Å². The van der Waals surface area contributed by atoms with E-state index in [0.717, 1.165) is 46.3 Å². The molecular formula is C25H28N4O3. The number of aromatic nitrogens is 1. The molecule has 0 spiro atoms. The maximum atomic E-state index is 13.5. The van der Waals surface area contributed by atoms with Gasteiger partial charge in [0.1, 0.15) is 17.8 Å². The summed E-state index contributed by atoms with van der Waals surface area (Å²) in [5, 5.41) is 11.3. The second kappa shape index (κ2) is 7.67. The number of aromatic amines is 1. The van der Waals surface area contributed by atoms with E-state index >= 15 is 0 Å². The minimum absolute atomic E-state index is 0.132. The number of phenolic OH excluding ortho intramolecular Hbond substituents is 1. The fourth-order valence-corrected chi connectivity index (χ4v) is 5.22. The van der Waals surface area contributed by atoms with Crippen molar-refractivity contribution in [2.24, 2.45) is 0 Å². The van der Waals surface area contributed by atoms with Crippen LogP contribution < -0.4 is 0 Å². The van der Waals surface area contributed by atoms with E-state index in [1.54, 1.807) is 23.1 Å². The van der Waals surface area contributed by atoms with Crippen molar-refractivity contribution in [2.75, 3.05) is 27.2 Å². The summed E-state index contributed by atoms with van der Waals surface area (Å²) in [6, 6.07) is 11.8. The number of carbonyl (C=O) groups excluding carboxylic acids is 2. The second-order valence-electron chi connectivity index (χ2n) is 9.07. The number of aryl methyl sites for hydroxylation is 1. The van der Waals surface area contributed by atoms with Crippen LogP contribution in [0.3, 0.4) is 0 Å². The number of rotatable bonds is 5. The van der Waals surface area contributed by atoms with Crippen molar-refractivity contribution in [3.8, 4) is 5.75 Å². The molecule has 7 nitrogen and oxygen atoms in total. The summed E-state index contributed by atoms with van der Waals surface area (Å²) < 4.78 is 0. The Morgan fingerprint density at radius 1 is 1.16 bits per heavy atom. The highest BCUT2D eigenvalue weighted by Crippen LogP contribution is 2.45. The summed E-state index contributed by atoms with van der Waals surface area (Å²) in [7, 11) is 3.96. The Hall–Kier alpha value is -3.32. The van der Waals surface area contributed by atoms with E-state index in [2.05, 4.69) is 18.0 Å². The third-order valence-electron chi connectivity index (χ3n) is 6.63. The molecule has 2 unspecified atom stereocenters. The Morgan fingerprint density at radius 3 is 2.69 bits per heavy atom. The third kappa shape index (κ3) is 3.15. The molecule has 2 atom stereocenters. The molecule has 3 heterocycles. The predicted molar refractivity (Wildman–Crippen MR) is 123 cm³/mol. The van der Waals surface area contributed by atoms with Crippen molar-refractivity contribution < 1.29 is 14.7 Å². The first kappa shape index (κ1) is 20.6. The van der Waals surface area contributed by atoms with E-state index in [4.69, 9.17) is 0 Å². The molecule has 2 N–H and O–H groups in total. The molecule has 2 aliphatic rings. The number of hydrogen-bond acceptors (Lipinski definition) is 4. The zero-order valence-electron chi connectivity index (χ0n) is 18.6. The van der Waals surface area contributed by atoms with Crippen molar-refractivity contribution in [2.45, 2.75) is 31.8 Å². The minimum atomic E-state index is -0.541. The summed E-state index contributed by atoms with van der Waals surface area (Å²) in [4.78, 5) is 35.6. The average Bonchev–Trinajstić information content (AvgIpc) is 3.23. The first-order chi connectivity index (χ1) is 15.4. The number of nitrogens with one attached hydrogen (secondary N) is 1. The molecule has 1 fully saturated rings. The summed E-state index contributed by atoms with van der Waals surface area (Å²) in [6.07, 6.45) is 1.22. The molecule has 32 heavy (non-hydrogen) atoms. The molecule has 2 aliphatic heterocycles. The average molecular weight is 433 g/mol. The van der Waals surface area contributed by atoms with Gasteiger partial charge in [0, 0.05) is 29.6 Å². The van der Waals surface area contributed by atoms with Crippen LogP contribution in [-0.4, -0.2) is 70.0 Å². The van der Waals surface area contributed by atoms with Crippen LogP contribution in [0.1, 0.15) is 34.8 Å². The van der Waals surface area contributed by atoms with Gasteiger partial charge in [-0.25, -0.2) is 4.79 Å². The molecule has 3 aromatic rings. The van der Waals surface area contributed by atoms with Gasteiger partial charge in [-0.3, -0.25) is 14.6 Å². The highest BCUT2D eigenvalue weighted by Gasteiger charge is 2.52. The van der Waals surface area contributed by atoms with Crippen LogP contribution in [0.15, 0.2) is 42.5 Å². The molecule has 0 aliphatic carbocycles. The van der Waals surface area contributed by atoms with Gasteiger partial charge in [0.05, 0.1) is 0 Å². The molecule has 0 bridgehead atoms. The standard InChI is InChI=1S/C25H28N4O3/c1-15-7-4-10-19-21(15)18-14-20-24(31)28(12-6-11-27(2)3)25(32)29(20)23(22(18)26-19)16-8-5-9-17(30)13-16/h4-5,7-10,13,20,23,26,30H,6,11-12,14H2,1-3H3. The number of imide groups is 1. The van der Waals surface area contributed by atoms with Crippen LogP contribution >= 0.6 is 0 Å². The lowest BCUT2D eigenvalue weighted by atomic mass is 9.88. The third-order valence-corrected chi connectivity index (χ3v) is 6.63. The normalized spacial score (nSPS) is 20.4. The summed E-state index contributed by atoms with van der Waals surface area (Å²) in [6.45, 7) is 3.28. The van der Waals surface area contributed by atoms with Crippen LogP contribution in [0.4, 0.5) is 4.79 Å². The highest BCUT2D eigenvalue weighted by molar-refractivity contribution is 6.06. The van der Waals surface area contributed by atoms with Gasteiger partial charge in [0.15, 0.2) is 0 Å². The minimum Gasteiger partial charge on any atom is -0.508 e. The largest absolute Gasteiger partial charge is 0.508 e. The second-order valence-corrected chi connectivity index (χ2v) is 9.07. The van der Waals surface area contributed by atoms with E-state index in [1.165, 1.54) is 4.90 Å². The number of carbonyl (C=O) groups is 2. The lowest BCUT2D eigenvalue weighted by Crippen LogP contribution is -2.44. The number of nitrogens with zero attached hydrogens (tertiary/aromatic N) is 3. The Balaban J connectivity index is 1.63. The van der Waals surface area contributed by atoms with Gasteiger partial charge in [-0.05, 0) is 68.9 Å². The first-order valence-electron chi connectivity index (χ1n) is 11.0. The van der Waals surface area contributed by atoms with E-state index in [-0.39, 0.29) is 17.7 Å². The van der Waals surface area contributed by atoms with Gasteiger partial charge in [-0.2, -0.15) is 0 Å². The smallest absolute Gasteiger partial charge is 0.328 e. The number of phenols is 1. The predicted octanol–water partition coefficient (Wildman–Crippen LogP) is 3.41. The van der Waals surface area contributed by atoms with Gasteiger partial charge in [0.2, 0.25) is 0 Å². The first-order valence-corrected chi connectivity index (χ1v) is 11.0. The van der Waals surface area contributed by atoms with Crippen LogP contribution in [0.25, 0.3) is 10.9 Å². The molecule has 7 heteroatoms. The molecule has 1 saturated heterocycles. The quantitative estimate of drug-likeness (QED) is 0.606. The topological polar surface area (TPSA) is 79.9 Å². The zero-order chi connectivity index (χ0) is 22.6. The molecular weight excluding hydrogens is 404 g/mol. The Bertz CT molecular complexity index is 1220. The number of H-pyrrole nitrogens is 1. The Morgan fingerprint density at radius 2 is 1.94 bits per heavy atom. The van der Waals surface area contributed by atoms with Crippen molar-refractivity contribution >= 4 is 22.8 Å². The Kier molecular flexibility index (Phi) is 4.93. The van der Waals surface area contributed by atoms with Gasteiger partial charge in [-0.15, -0.1) is 0 Å². The van der Waals surface area contributed by atoms with Crippen LogP contribution in [0, 0.1) is 6.92 Å². The summed E-state index contributed by atoms with van der Waals surface area (Å²) in [5.74, 6) is 0.00627. The number of hydrogen-bond donors (Lipinski definition) is 2. The SMILES string of the molecule is Cc1cccc2[nH]c3c(c12)CC1C(=O)N(CCCN(C)C)C(=O)N1C3c1cccc(O)c1. The van der Waals surface area contributed by atoms with E-state index < -0.39 is 12.1 Å². The summed E-state index contributed by atoms with van der Waals surface area (Å²) in [5.41, 5.74) is 4.94. The van der Waals surface area contributed by atoms with Gasteiger partial charge >= 0.3 is 6.03 Å². The Labute approximate surface area is 187 Å². The number of aromatic hydroxyl groups is 1. The zero-order valence-corrected chi connectivity index (χ0v) is 18.6. The lowest BCUT2D eigenvalue weighted by molar-refractivity contribution is -0.128. The van der Waals surface area contributed by atoms with Crippen molar-refractivity contribution in [3.63, 3.8) is 0 Å². The molecule has 3 amide bonds. The molecule has 2 aromatic carbocycles. The molecule has 0 saturated carbocycles. The maximum absolute atomic E-state index is 13.5. The van der Waals surface area contributed by atoms with Gasteiger partial charge < -0.3 is 15.0 Å². The maximum Gasteiger partial charge on any atom is 0.328 e. The highest BCUT2D eigenvalue weighted by atomic mass is 16.3. The number of urea groups is 1. The summed E-state index contributed by atoms with van der Waals surface area (Å²) >= 11 is 0. The van der Waals surface area contributed by atoms with Crippen molar-refractivity contribution in [1.82, 2.24) is 19.7 Å². The monoisotopic (exact) mass is 432 g/mol. The molecule has 1 aromatic heterocycles. The number of fused-ring (bicyclic) bond motifs is 4. The van der Waals surface area contributed by atoms with Gasteiger partial charge in [0.25, 0.3) is 5.91 Å². The van der Waals surface area contributed by atoms with E-state index in [1.807, 2.05) is 37.2 Å². The van der Waals surface area contributed by atoms with Gasteiger partial charge in [-0.1, -0.05) is 24.3 Å². The van der Waals surface area contributed by atoms with Crippen LogP contribution in [0.5, 0.6) is 5.75 Å². The number of benzene rings is 2. The fourth-order valence-electron chi connectivity index (χ4n) is 5.22. The van der Waals surface area contributed by atoms with Crippen LogP contribution in [0.2, 0.25) is 0 Å². The number of amides is 3. The van der Waals surface area contributed by atoms with E-state index in [9.17, 15) is 14.7 Å². The molecule has 166 valence electrons.